The second-order valence-corrected chi connectivity index (χ2v) is 6.06. The molecule has 1 aliphatic heterocycles. The lowest BCUT2D eigenvalue weighted by molar-refractivity contribution is -0.149. The molecule has 1 atom stereocenters. The molecule has 0 spiro atoms. The third-order valence-corrected chi connectivity index (χ3v) is 3.91. The van der Waals surface area contributed by atoms with Gasteiger partial charge in [0, 0.05) is 19.6 Å². The van der Waals surface area contributed by atoms with Crippen molar-refractivity contribution in [2.24, 2.45) is 0 Å². The zero-order valence-electron chi connectivity index (χ0n) is 13.4. The van der Waals surface area contributed by atoms with Crippen molar-refractivity contribution in [3.63, 3.8) is 0 Å². The van der Waals surface area contributed by atoms with E-state index in [1.807, 2.05) is 7.05 Å². The average molecular weight is 296 g/mol. The number of carbonyl (C=O) groups is 1. The van der Waals surface area contributed by atoms with E-state index in [2.05, 4.69) is 27.0 Å². The summed E-state index contributed by atoms with van der Waals surface area (Å²) in [5.74, 6) is 0.573. The first-order valence-corrected chi connectivity index (χ1v) is 7.26. The van der Waals surface area contributed by atoms with Gasteiger partial charge >= 0.3 is 5.97 Å². The van der Waals surface area contributed by atoms with Gasteiger partial charge in [-0.3, -0.25) is 9.69 Å². The highest BCUT2D eigenvalue weighted by atomic mass is 16.5. The fourth-order valence-corrected chi connectivity index (χ4v) is 2.31. The van der Waals surface area contributed by atoms with Gasteiger partial charge in [-0.25, -0.2) is 0 Å². The average Bonchev–Trinajstić information content (AvgIpc) is 2.92. The highest BCUT2D eigenvalue weighted by Crippen LogP contribution is 2.27. The van der Waals surface area contributed by atoms with Gasteiger partial charge in [0.2, 0.25) is 5.89 Å². The first kappa shape index (κ1) is 15.9. The Morgan fingerprint density at radius 3 is 2.81 bits per heavy atom. The molecule has 2 rings (SSSR count). The highest BCUT2D eigenvalue weighted by molar-refractivity contribution is 5.80. The molecule has 0 saturated carbocycles. The topological polar surface area (TPSA) is 71.7 Å². The van der Waals surface area contributed by atoms with Crippen LogP contribution in [-0.4, -0.2) is 66.2 Å². The molecular formula is C14H24N4O3. The van der Waals surface area contributed by atoms with Crippen molar-refractivity contribution in [1.82, 2.24) is 19.9 Å². The van der Waals surface area contributed by atoms with E-state index in [0.717, 1.165) is 19.6 Å². The Morgan fingerprint density at radius 1 is 1.43 bits per heavy atom. The Kier molecular flexibility index (Phi) is 4.63. The van der Waals surface area contributed by atoms with E-state index in [1.165, 1.54) is 0 Å². The molecule has 0 aromatic carbocycles. The van der Waals surface area contributed by atoms with Gasteiger partial charge in [0.15, 0.2) is 5.82 Å². The van der Waals surface area contributed by atoms with Crippen molar-refractivity contribution in [2.45, 2.75) is 32.2 Å². The van der Waals surface area contributed by atoms with Crippen molar-refractivity contribution < 1.29 is 14.1 Å². The van der Waals surface area contributed by atoms with Crippen LogP contribution in [-0.2, 0) is 14.9 Å². The first-order valence-electron chi connectivity index (χ1n) is 7.26. The third-order valence-electron chi connectivity index (χ3n) is 3.91. The second-order valence-electron chi connectivity index (χ2n) is 6.06. The Balaban J connectivity index is 2.19. The van der Waals surface area contributed by atoms with Gasteiger partial charge in [-0.1, -0.05) is 5.16 Å². The zero-order valence-corrected chi connectivity index (χ0v) is 13.4. The van der Waals surface area contributed by atoms with Gasteiger partial charge in [-0.05, 0) is 34.9 Å². The lowest BCUT2D eigenvalue weighted by Crippen LogP contribution is -2.45. The lowest BCUT2D eigenvalue weighted by Gasteiger charge is -2.35. The maximum Gasteiger partial charge on any atom is 0.321 e. The molecule has 1 saturated heterocycles. The summed E-state index contributed by atoms with van der Waals surface area (Å²) in [4.78, 5) is 20.9. The van der Waals surface area contributed by atoms with Crippen LogP contribution in [0.5, 0.6) is 0 Å². The van der Waals surface area contributed by atoms with Gasteiger partial charge < -0.3 is 14.2 Å². The zero-order chi connectivity index (χ0) is 15.6. The van der Waals surface area contributed by atoms with Crippen molar-refractivity contribution in [3.8, 4) is 0 Å². The van der Waals surface area contributed by atoms with Crippen LogP contribution in [0.4, 0.5) is 0 Å². The summed E-state index contributed by atoms with van der Waals surface area (Å²) < 4.78 is 10.4. The smallest absolute Gasteiger partial charge is 0.321 e. The van der Waals surface area contributed by atoms with Crippen LogP contribution in [0.25, 0.3) is 0 Å². The SMILES string of the molecule is CCOC(=O)C(C)(C)c1nc(C2CN(C)CCN2C)no1. The van der Waals surface area contributed by atoms with Gasteiger partial charge in [-0.15, -0.1) is 0 Å². The van der Waals surface area contributed by atoms with E-state index in [-0.39, 0.29) is 12.0 Å². The predicted octanol–water partition coefficient (Wildman–Crippen LogP) is 0.829. The number of hydrogen-bond donors (Lipinski definition) is 0. The quantitative estimate of drug-likeness (QED) is 0.762. The molecule has 1 fully saturated rings. The molecule has 0 radical (unpaired) electrons. The molecule has 21 heavy (non-hydrogen) atoms. The van der Waals surface area contributed by atoms with E-state index >= 15 is 0 Å². The van der Waals surface area contributed by atoms with Crippen LogP contribution in [0.15, 0.2) is 4.52 Å². The van der Waals surface area contributed by atoms with E-state index in [9.17, 15) is 4.79 Å². The van der Waals surface area contributed by atoms with Crippen LogP contribution >= 0.6 is 0 Å². The van der Waals surface area contributed by atoms with E-state index < -0.39 is 5.41 Å². The van der Waals surface area contributed by atoms with Gasteiger partial charge in [0.05, 0.1) is 12.6 Å². The predicted molar refractivity (Wildman–Crippen MR) is 76.8 cm³/mol. The monoisotopic (exact) mass is 296 g/mol. The second kappa shape index (κ2) is 6.11. The number of hydrogen-bond acceptors (Lipinski definition) is 7. The summed E-state index contributed by atoms with van der Waals surface area (Å²) in [7, 11) is 4.12. The van der Waals surface area contributed by atoms with Crippen molar-refractivity contribution in [2.75, 3.05) is 40.3 Å². The van der Waals surface area contributed by atoms with Crippen LogP contribution < -0.4 is 0 Å². The van der Waals surface area contributed by atoms with Gasteiger partial charge in [0.25, 0.3) is 0 Å². The third kappa shape index (κ3) is 3.24. The summed E-state index contributed by atoms with van der Waals surface area (Å²) in [6.07, 6.45) is 0. The molecule has 2 heterocycles. The molecule has 1 aromatic heterocycles. The Bertz CT molecular complexity index is 500. The van der Waals surface area contributed by atoms with Gasteiger partial charge in [0.1, 0.15) is 5.41 Å². The summed E-state index contributed by atoms with van der Waals surface area (Å²) in [6, 6.07) is 0.0826. The fourth-order valence-electron chi connectivity index (χ4n) is 2.31. The van der Waals surface area contributed by atoms with Gasteiger partial charge in [-0.2, -0.15) is 4.98 Å². The minimum absolute atomic E-state index is 0.0826. The van der Waals surface area contributed by atoms with Crippen molar-refractivity contribution in [3.05, 3.63) is 11.7 Å². The number of rotatable bonds is 4. The number of ether oxygens (including phenoxy) is 1. The molecule has 0 amide bonds. The van der Waals surface area contributed by atoms with Crippen LogP contribution in [0.3, 0.4) is 0 Å². The molecule has 1 aliphatic rings. The summed E-state index contributed by atoms with van der Waals surface area (Å²) in [5.41, 5.74) is -0.930. The fraction of sp³-hybridized carbons (Fsp3) is 0.786. The number of piperazine rings is 1. The first-order chi connectivity index (χ1) is 9.86. The largest absolute Gasteiger partial charge is 0.465 e. The molecule has 0 bridgehead atoms. The highest BCUT2D eigenvalue weighted by Gasteiger charge is 2.39. The van der Waals surface area contributed by atoms with E-state index in [4.69, 9.17) is 9.26 Å². The molecule has 7 heteroatoms. The van der Waals surface area contributed by atoms with Crippen molar-refractivity contribution >= 4 is 5.97 Å². The Labute approximate surface area is 125 Å². The normalized spacial score (nSPS) is 21.5. The summed E-state index contributed by atoms with van der Waals surface area (Å²) in [5, 5.41) is 4.07. The number of aromatic nitrogens is 2. The molecule has 0 N–H and O–H groups in total. The maximum atomic E-state index is 12.0. The van der Waals surface area contributed by atoms with E-state index in [1.54, 1.807) is 20.8 Å². The maximum absolute atomic E-state index is 12.0. The standard InChI is InChI=1S/C14H24N4O3/c1-6-20-13(19)14(2,3)12-15-11(16-21-12)10-9-17(4)7-8-18(10)5/h10H,6-9H2,1-5H3. The molecule has 0 aliphatic carbocycles. The number of esters is 1. The number of likely N-dealkylation sites (N-methyl/N-ethyl adjacent to an activating group) is 2. The molecule has 7 nitrogen and oxygen atoms in total. The van der Waals surface area contributed by atoms with Crippen molar-refractivity contribution in [1.29, 1.82) is 0 Å². The van der Waals surface area contributed by atoms with Crippen LogP contribution in [0.2, 0.25) is 0 Å². The molecule has 1 unspecified atom stereocenters. The molecular weight excluding hydrogens is 272 g/mol. The molecule has 1 aromatic rings. The summed E-state index contributed by atoms with van der Waals surface area (Å²) >= 11 is 0. The van der Waals surface area contributed by atoms with E-state index in [0.29, 0.717) is 18.3 Å². The number of nitrogens with zero attached hydrogens (tertiary/aromatic N) is 4. The Hall–Kier alpha value is -1.47. The summed E-state index contributed by atoms with van der Waals surface area (Å²) in [6.45, 7) is 8.39. The minimum atomic E-state index is -0.930. The Morgan fingerprint density at radius 2 is 2.14 bits per heavy atom. The molecule has 118 valence electrons. The van der Waals surface area contributed by atoms with Crippen LogP contribution in [0.1, 0.15) is 38.5 Å². The van der Waals surface area contributed by atoms with Crippen LogP contribution in [0, 0.1) is 0 Å². The lowest BCUT2D eigenvalue weighted by atomic mass is 9.94. The minimum Gasteiger partial charge on any atom is -0.465 e. The number of carbonyl (C=O) groups excluding carboxylic acids is 1.